The lowest BCUT2D eigenvalue weighted by molar-refractivity contribution is -0.143. The van der Waals surface area contributed by atoms with Crippen molar-refractivity contribution in [1.29, 1.82) is 0 Å². The molecular formula is C19H28N2O5. The zero-order chi connectivity index (χ0) is 19.1. The topological polar surface area (TPSA) is 88.1 Å². The first-order chi connectivity index (χ1) is 12.5. The smallest absolute Gasteiger partial charge is 0.317 e. The number of benzene rings is 1. The van der Waals surface area contributed by atoms with Gasteiger partial charge in [0.25, 0.3) is 0 Å². The second-order valence-electron chi connectivity index (χ2n) is 6.55. The second-order valence-corrected chi connectivity index (χ2v) is 6.55. The summed E-state index contributed by atoms with van der Waals surface area (Å²) in [5, 5.41) is 12.1. The molecule has 0 aromatic heterocycles. The number of carbonyl (C=O) groups excluding carboxylic acids is 1. The van der Waals surface area contributed by atoms with E-state index in [-0.39, 0.29) is 18.6 Å². The van der Waals surface area contributed by atoms with E-state index in [0.717, 1.165) is 12.0 Å². The molecule has 2 unspecified atom stereocenters. The number of rotatable bonds is 7. The molecule has 7 heteroatoms. The molecule has 144 valence electrons. The first-order valence-corrected chi connectivity index (χ1v) is 9.05. The van der Waals surface area contributed by atoms with E-state index in [4.69, 9.17) is 14.6 Å². The van der Waals surface area contributed by atoms with Crippen molar-refractivity contribution < 1.29 is 24.2 Å². The average Bonchev–Trinajstić information content (AvgIpc) is 2.66. The van der Waals surface area contributed by atoms with E-state index in [9.17, 15) is 9.59 Å². The lowest BCUT2D eigenvalue weighted by Crippen LogP contribution is -2.47. The maximum Gasteiger partial charge on any atom is 0.317 e. The molecule has 0 bridgehead atoms. The molecule has 1 aromatic rings. The maximum absolute atomic E-state index is 12.5. The Morgan fingerprint density at radius 3 is 2.81 bits per heavy atom. The van der Waals surface area contributed by atoms with E-state index >= 15 is 0 Å². The number of carboxylic acid groups (broad SMARTS) is 1. The number of hydrogen-bond acceptors (Lipinski definition) is 4. The average molecular weight is 364 g/mol. The summed E-state index contributed by atoms with van der Waals surface area (Å²) in [5.41, 5.74) is 0.894. The fourth-order valence-electron chi connectivity index (χ4n) is 3.01. The van der Waals surface area contributed by atoms with E-state index in [1.807, 2.05) is 32.0 Å². The van der Waals surface area contributed by atoms with Gasteiger partial charge in [-0.2, -0.15) is 0 Å². The largest absolute Gasteiger partial charge is 0.493 e. The molecule has 1 fully saturated rings. The number of ether oxygens (including phenoxy) is 2. The highest BCUT2D eigenvalue weighted by molar-refractivity contribution is 5.77. The van der Waals surface area contributed by atoms with Crippen LogP contribution >= 0.6 is 0 Å². The molecule has 1 saturated heterocycles. The molecule has 1 aliphatic heterocycles. The van der Waals surface area contributed by atoms with Gasteiger partial charge in [-0.3, -0.25) is 4.79 Å². The molecule has 0 spiro atoms. The minimum absolute atomic E-state index is 0.234. The summed E-state index contributed by atoms with van der Waals surface area (Å²) in [6.07, 6.45) is 2.23. The predicted molar refractivity (Wildman–Crippen MR) is 97.7 cm³/mol. The molecule has 0 aliphatic carbocycles. The molecule has 0 radical (unpaired) electrons. The Hall–Kier alpha value is -2.44. The summed E-state index contributed by atoms with van der Waals surface area (Å²) in [6.45, 7) is 5.37. The highest BCUT2D eigenvalue weighted by Gasteiger charge is 2.28. The summed E-state index contributed by atoms with van der Waals surface area (Å²) in [7, 11) is 1.58. The van der Waals surface area contributed by atoms with E-state index in [1.165, 1.54) is 0 Å². The number of carbonyl (C=O) groups is 2. The van der Waals surface area contributed by atoms with Gasteiger partial charge in [0, 0.05) is 13.1 Å². The van der Waals surface area contributed by atoms with Gasteiger partial charge in [-0.1, -0.05) is 13.0 Å². The highest BCUT2D eigenvalue weighted by atomic mass is 16.5. The van der Waals surface area contributed by atoms with Crippen LogP contribution in [0.15, 0.2) is 18.2 Å². The standard InChI is InChI=1S/C19H28N2O5/c1-4-10-26-16-8-7-14(11-17(16)25-3)13(2)20-19(24)21-9-5-6-15(12-21)18(22)23/h7-8,11,13,15H,4-6,9-10,12H2,1-3H3,(H,20,24)(H,22,23). The van der Waals surface area contributed by atoms with Crippen LogP contribution in [0.5, 0.6) is 11.5 Å². The highest BCUT2D eigenvalue weighted by Crippen LogP contribution is 2.30. The number of amides is 2. The number of piperidine rings is 1. The van der Waals surface area contributed by atoms with Crippen LogP contribution < -0.4 is 14.8 Å². The second kappa shape index (κ2) is 9.31. The van der Waals surface area contributed by atoms with Crippen LogP contribution in [-0.4, -0.2) is 48.8 Å². The summed E-state index contributed by atoms with van der Waals surface area (Å²) >= 11 is 0. The van der Waals surface area contributed by atoms with Crippen molar-refractivity contribution in [3.8, 4) is 11.5 Å². The Morgan fingerprint density at radius 2 is 2.15 bits per heavy atom. The van der Waals surface area contributed by atoms with Crippen LogP contribution in [-0.2, 0) is 4.79 Å². The number of aliphatic carboxylic acids is 1. The fraction of sp³-hybridized carbons (Fsp3) is 0.579. The third-order valence-corrected chi connectivity index (χ3v) is 4.55. The number of nitrogens with one attached hydrogen (secondary N) is 1. The van der Waals surface area contributed by atoms with E-state index in [2.05, 4.69) is 5.32 Å². The van der Waals surface area contributed by atoms with Crippen molar-refractivity contribution in [1.82, 2.24) is 10.2 Å². The summed E-state index contributed by atoms with van der Waals surface area (Å²) < 4.78 is 11.0. The molecule has 26 heavy (non-hydrogen) atoms. The monoisotopic (exact) mass is 364 g/mol. The van der Waals surface area contributed by atoms with Crippen LogP contribution in [0, 0.1) is 5.92 Å². The van der Waals surface area contributed by atoms with Gasteiger partial charge >= 0.3 is 12.0 Å². The first kappa shape index (κ1) is 19.9. The molecular weight excluding hydrogens is 336 g/mol. The molecule has 2 atom stereocenters. The molecule has 0 saturated carbocycles. The van der Waals surface area contributed by atoms with Crippen molar-refractivity contribution in [3.05, 3.63) is 23.8 Å². The van der Waals surface area contributed by atoms with Crippen LogP contribution in [0.25, 0.3) is 0 Å². The minimum atomic E-state index is -0.844. The van der Waals surface area contributed by atoms with Crippen molar-refractivity contribution in [2.24, 2.45) is 5.92 Å². The van der Waals surface area contributed by atoms with E-state index in [1.54, 1.807) is 12.0 Å². The summed E-state index contributed by atoms with van der Waals surface area (Å²) in [6, 6.07) is 5.12. The van der Waals surface area contributed by atoms with Gasteiger partial charge in [-0.05, 0) is 43.9 Å². The summed E-state index contributed by atoms with van der Waals surface area (Å²) in [5.74, 6) is -0.0271. The number of carboxylic acids is 1. The molecule has 1 aliphatic rings. The Morgan fingerprint density at radius 1 is 1.38 bits per heavy atom. The third kappa shape index (κ3) is 5.03. The van der Waals surface area contributed by atoms with E-state index in [0.29, 0.717) is 37.5 Å². The Balaban J connectivity index is 2.01. The fourth-order valence-corrected chi connectivity index (χ4v) is 3.01. The van der Waals surface area contributed by atoms with Gasteiger partial charge in [-0.15, -0.1) is 0 Å². The Labute approximate surface area is 154 Å². The van der Waals surface area contributed by atoms with Crippen molar-refractivity contribution >= 4 is 12.0 Å². The number of likely N-dealkylation sites (tertiary alicyclic amines) is 1. The van der Waals surface area contributed by atoms with Gasteiger partial charge < -0.3 is 24.8 Å². The lowest BCUT2D eigenvalue weighted by atomic mass is 9.98. The quantitative estimate of drug-likeness (QED) is 0.776. The van der Waals surface area contributed by atoms with Crippen molar-refractivity contribution in [3.63, 3.8) is 0 Å². The van der Waals surface area contributed by atoms with Gasteiger partial charge in [0.2, 0.25) is 0 Å². The molecule has 7 nitrogen and oxygen atoms in total. The Bertz CT molecular complexity index is 634. The van der Waals surface area contributed by atoms with Crippen LogP contribution in [0.3, 0.4) is 0 Å². The van der Waals surface area contributed by atoms with Crippen LogP contribution in [0.1, 0.15) is 44.7 Å². The number of methoxy groups -OCH3 is 1. The van der Waals surface area contributed by atoms with Crippen molar-refractivity contribution in [2.75, 3.05) is 26.8 Å². The number of hydrogen-bond donors (Lipinski definition) is 2. The number of urea groups is 1. The van der Waals surface area contributed by atoms with Gasteiger partial charge in [0.05, 0.1) is 25.7 Å². The lowest BCUT2D eigenvalue weighted by Gasteiger charge is -2.31. The Kier molecular flexibility index (Phi) is 7.12. The minimum Gasteiger partial charge on any atom is -0.493 e. The van der Waals surface area contributed by atoms with Gasteiger partial charge in [0.1, 0.15) is 0 Å². The molecule has 2 amide bonds. The first-order valence-electron chi connectivity index (χ1n) is 9.05. The molecule has 2 N–H and O–H groups in total. The number of nitrogens with zero attached hydrogens (tertiary/aromatic N) is 1. The zero-order valence-corrected chi connectivity index (χ0v) is 15.7. The maximum atomic E-state index is 12.5. The SMILES string of the molecule is CCCOc1ccc(C(C)NC(=O)N2CCCC(C(=O)O)C2)cc1OC. The molecule has 1 heterocycles. The zero-order valence-electron chi connectivity index (χ0n) is 15.7. The van der Waals surface area contributed by atoms with E-state index < -0.39 is 11.9 Å². The molecule has 2 rings (SSSR count). The van der Waals surface area contributed by atoms with Gasteiger partial charge in [0.15, 0.2) is 11.5 Å². The van der Waals surface area contributed by atoms with Crippen LogP contribution in [0.2, 0.25) is 0 Å². The van der Waals surface area contributed by atoms with Crippen molar-refractivity contribution in [2.45, 2.75) is 39.2 Å². The molecule has 1 aromatic carbocycles. The van der Waals surface area contributed by atoms with Crippen LogP contribution in [0.4, 0.5) is 4.79 Å². The predicted octanol–water partition coefficient (Wildman–Crippen LogP) is 3.05. The van der Waals surface area contributed by atoms with Gasteiger partial charge in [-0.25, -0.2) is 4.79 Å². The third-order valence-electron chi connectivity index (χ3n) is 4.55. The normalized spacial score (nSPS) is 18.1. The summed E-state index contributed by atoms with van der Waals surface area (Å²) in [4.78, 5) is 25.2.